The highest BCUT2D eigenvalue weighted by Gasteiger charge is 2.19. The number of nitrogens with zero attached hydrogens (tertiary/aromatic N) is 4. The van der Waals surface area contributed by atoms with Crippen LogP contribution in [0.1, 0.15) is 18.2 Å². The van der Waals surface area contributed by atoms with Crippen molar-refractivity contribution < 1.29 is 9.32 Å². The number of hydrogen-bond donors (Lipinski definition) is 1. The first kappa shape index (κ1) is 14.3. The molecule has 0 spiro atoms. The number of aryl methyl sites for hydroxylation is 2. The van der Waals surface area contributed by atoms with Gasteiger partial charge < -0.3 is 9.84 Å². The number of rotatable bonds is 5. The zero-order valence-corrected chi connectivity index (χ0v) is 12.1. The highest BCUT2D eigenvalue weighted by molar-refractivity contribution is 5.93. The van der Waals surface area contributed by atoms with Gasteiger partial charge in [0, 0.05) is 31.4 Å². The molecule has 0 aromatic carbocycles. The molecule has 2 aromatic heterocycles. The van der Waals surface area contributed by atoms with Crippen molar-refractivity contribution in [1.82, 2.24) is 19.8 Å². The molecule has 0 bridgehead atoms. The van der Waals surface area contributed by atoms with Crippen molar-refractivity contribution in [2.45, 2.75) is 26.4 Å². The molecule has 7 nitrogen and oxygen atoms in total. The lowest BCUT2D eigenvalue weighted by Gasteiger charge is -2.22. The van der Waals surface area contributed by atoms with Crippen molar-refractivity contribution in [2.75, 3.05) is 12.4 Å². The van der Waals surface area contributed by atoms with Crippen LogP contribution in [-0.4, -0.2) is 38.8 Å². The van der Waals surface area contributed by atoms with Crippen LogP contribution in [0, 0.1) is 6.92 Å². The van der Waals surface area contributed by atoms with Crippen LogP contribution in [0.2, 0.25) is 0 Å². The van der Waals surface area contributed by atoms with E-state index < -0.39 is 0 Å². The minimum absolute atomic E-state index is 0.121. The van der Waals surface area contributed by atoms with Crippen LogP contribution >= 0.6 is 0 Å². The number of aromatic nitrogens is 3. The van der Waals surface area contributed by atoms with E-state index in [1.54, 1.807) is 23.9 Å². The number of carbonyl (C=O) groups is 1. The summed E-state index contributed by atoms with van der Waals surface area (Å²) in [5.41, 5.74) is 1.06. The third-order valence-corrected chi connectivity index (χ3v) is 3.11. The molecule has 0 aliphatic carbocycles. The zero-order chi connectivity index (χ0) is 14.7. The number of amides is 1. The Labute approximate surface area is 117 Å². The summed E-state index contributed by atoms with van der Waals surface area (Å²) in [6, 6.07) is 1.40. The molecule has 2 aromatic rings. The van der Waals surface area contributed by atoms with Crippen molar-refractivity contribution in [1.29, 1.82) is 0 Å². The van der Waals surface area contributed by atoms with Crippen molar-refractivity contribution in [3.63, 3.8) is 0 Å². The van der Waals surface area contributed by atoms with Gasteiger partial charge in [-0.3, -0.25) is 14.4 Å². The van der Waals surface area contributed by atoms with Crippen LogP contribution in [0.25, 0.3) is 0 Å². The number of anilines is 1. The first-order valence-corrected chi connectivity index (χ1v) is 6.37. The molecule has 7 heteroatoms. The largest absolute Gasteiger partial charge is 0.360 e. The molecular formula is C13H19N5O2. The number of carbonyl (C=O) groups excluding carboxylic acids is 1. The molecule has 0 saturated carbocycles. The van der Waals surface area contributed by atoms with Gasteiger partial charge in [0.2, 0.25) is 5.91 Å². The van der Waals surface area contributed by atoms with Gasteiger partial charge in [-0.15, -0.1) is 0 Å². The fourth-order valence-electron chi connectivity index (χ4n) is 1.83. The van der Waals surface area contributed by atoms with Gasteiger partial charge in [0.25, 0.3) is 0 Å². The SMILES string of the molecule is Cc1cc(NC(=O)C(C)N(C)Cc2cnn(C)c2)no1. The lowest BCUT2D eigenvalue weighted by molar-refractivity contribution is -0.120. The van der Waals surface area contributed by atoms with Crippen LogP contribution in [0.3, 0.4) is 0 Å². The molecule has 0 fully saturated rings. The first-order chi connectivity index (χ1) is 9.45. The molecule has 1 amide bonds. The fraction of sp³-hybridized carbons (Fsp3) is 0.462. The maximum atomic E-state index is 12.1. The summed E-state index contributed by atoms with van der Waals surface area (Å²) < 4.78 is 6.66. The number of nitrogens with one attached hydrogen (secondary N) is 1. The van der Waals surface area contributed by atoms with E-state index in [1.165, 1.54) is 0 Å². The first-order valence-electron chi connectivity index (χ1n) is 6.37. The second-order valence-electron chi connectivity index (χ2n) is 4.93. The van der Waals surface area contributed by atoms with Crippen molar-refractivity contribution in [3.8, 4) is 0 Å². The summed E-state index contributed by atoms with van der Waals surface area (Å²) >= 11 is 0. The molecule has 2 rings (SSSR count). The van der Waals surface area contributed by atoms with Crippen LogP contribution in [0.5, 0.6) is 0 Å². The van der Waals surface area contributed by atoms with E-state index in [4.69, 9.17) is 4.52 Å². The smallest absolute Gasteiger partial charge is 0.242 e. The van der Waals surface area contributed by atoms with E-state index in [0.29, 0.717) is 18.1 Å². The number of likely N-dealkylation sites (N-methyl/N-ethyl adjacent to an activating group) is 1. The lowest BCUT2D eigenvalue weighted by Crippen LogP contribution is -2.39. The van der Waals surface area contributed by atoms with Gasteiger partial charge in [0.15, 0.2) is 5.82 Å². The Balaban J connectivity index is 1.92. The van der Waals surface area contributed by atoms with E-state index in [0.717, 1.165) is 5.56 Å². The van der Waals surface area contributed by atoms with E-state index in [2.05, 4.69) is 15.6 Å². The monoisotopic (exact) mass is 277 g/mol. The molecule has 0 saturated heterocycles. The fourth-order valence-corrected chi connectivity index (χ4v) is 1.83. The molecule has 2 heterocycles. The van der Waals surface area contributed by atoms with Gasteiger partial charge in [0.05, 0.1) is 12.2 Å². The molecule has 20 heavy (non-hydrogen) atoms. The molecule has 0 aliphatic rings. The molecule has 1 N–H and O–H groups in total. The van der Waals surface area contributed by atoms with Crippen LogP contribution in [0.4, 0.5) is 5.82 Å². The standard InChI is InChI=1S/C13H19N5O2/c1-9-5-12(16-20-9)15-13(19)10(2)17(3)7-11-6-14-18(4)8-11/h5-6,8,10H,7H2,1-4H3,(H,15,16,19). The van der Waals surface area contributed by atoms with Gasteiger partial charge in [0.1, 0.15) is 5.76 Å². The van der Waals surface area contributed by atoms with Crippen LogP contribution in [0.15, 0.2) is 23.0 Å². The Morgan fingerprint density at radius 3 is 2.90 bits per heavy atom. The van der Waals surface area contributed by atoms with Gasteiger partial charge in [-0.2, -0.15) is 5.10 Å². The second kappa shape index (κ2) is 5.87. The summed E-state index contributed by atoms with van der Waals surface area (Å²) in [5.74, 6) is 0.982. The van der Waals surface area contributed by atoms with Gasteiger partial charge in [-0.05, 0) is 20.9 Å². The average Bonchev–Trinajstić information content (AvgIpc) is 2.97. The van der Waals surface area contributed by atoms with Gasteiger partial charge in [-0.25, -0.2) is 0 Å². The predicted molar refractivity (Wildman–Crippen MR) is 74.0 cm³/mol. The lowest BCUT2D eigenvalue weighted by atomic mass is 10.2. The Hall–Kier alpha value is -2.15. The molecule has 0 radical (unpaired) electrons. The predicted octanol–water partition coefficient (Wildman–Crippen LogP) is 1.18. The summed E-state index contributed by atoms with van der Waals surface area (Å²) in [5, 5.41) is 10.6. The Morgan fingerprint density at radius 2 is 2.35 bits per heavy atom. The summed E-state index contributed by atoms with van der Waals surface area (Å²) in [4.78, 5) is 14.0. The summed E-state index contributed by atoms with van der Waals surface area (Å²) in [6.07, 6.45) is 3.73. The van der Waals surface area contributed by atoms with E-state index in [1.807, 2.05) is 32.1 Å². The normalized spacial score (nSPS) is 12.7. The summed E-state index contributed by atoms with van der Waals surface area (Å²) in [7, 11) is 3.76. The topological polar surface area (TPSA) is 76.2 Å². The average molecular weight is 277 g/mol. The van der Waals surface area contributed by atoms with Gasteiger partial charge >= 0.3 is 0 Å². The minimum Gasteiger partial charge on any atom is -0.360 e. The van der Waals surface area contributed by atoms with Crippen molar-refractivity contribution in [3.05, 3.63) is 29.8 Å². The molecule has 0 aliphatic heterocycles. The maximum Gasteiger partial charge on any atom is 0.242 e. The summed E-state index contributed by atoms with van der Waals surface area (Å²) in [6.45, 7) is 4.28. The highest BCUT2D eigenvalue weighted by atomic mass is 16.5. The zero-order valence-electron chi connectivity index (χ0n) is 12.1. The van der Waals surface area contributed by atoms with E-state index in [-0.39, 0.29) is 11.9 Å². The molecule has 1 atom stereocenters. The number of hydrogen-bond acceptors (Lipinski definition) is 5. The quantitative estimate of drug-likeness (QED) is 0.888. The Morgan fingerprint density at radius 1 is 1.60 bits per heavy atom. The molecule has 1 unspecified atom stereocenters. The van der Waals surface area contributed by atoms with Crippen LogP contribution in [-0.2, 0) is 18.4 Å². The van der Waals surface area contributed by atoms with Crippen LogP contribution < -0.4 is 5.32 Å². The minimum atomic E-state index is -0.285. The Bertz CT molecular complexity index is 589. The maximum absolute atomic E-state index is 12.1. The van der Waals surface area contributed by atoms with Crippen molar-refractivity contribution >= 4 is 11.7 Å². The Kier molecular flexibility index (Phi) is 4.19. The third-order valence-electron chi connectivity index (χ3n) is 3.11. The third kappa shape index (κ3) is 3.45. The highest BCUT2D eigenvalue weighted by Crippen LogP contribution is 2.10. The van der Waals surface area contributed by atoms with E-state index >= 15 is 0 Å². The van der Waals surface area contributed by atoms with Crippen molar-refractivity contribution in [2.24, 2.45) is 7.05 Å². The van der Waals surface area contributed by atoms with Gasteiger partial charge in [-0.1, -0.05) is 5.16 Å². The second-order valence-corrected chi connectivity index (χ2v) is 4.93. The molecular weight excluding hydrogens is 258 g/mol. The molecule has 108 valence electrons. The van der Waals surface area contributed by atoms with E-state index in [9.17, 15) is 4.79 Å².